The van der Waals surface area contributed by atoms with E-state index in [0.29, 0.717) is 10.7 Å². The van der Waals surface area contributed by atoms with Crippen molar-refractivity contribution >= 4 is 34.3 Å². The van der Waals surface area contributed by atoms with Crippen LogP contribution in [0.1, 0.15) is 13.3 Å². The summed E-state index contributed by atoms with van der Waals surface area (Å²) in [6.45, 7) is 1.84. The Bertz CT molecular complexity index is 182. The zero-order chi connectivity index (χ0) is 9.72. The molecule has 3 nitrogen and oxygen atoms in total. The summed E-state index contributed by atoms with van der Waals surface area (Å²) in [6, 6.07) is 0. The van der Waals surface area contributed by atoms with Crippen LogP contribution in [0.25, 0.3) is 0 Å². The third-order valence-electron chi connectivity index (χ3n) is 1.25. The van der Waals surface area contributed by atoms with E-state index in [-0.39, 0.29) is 0 Å². The second kappa shape index (κ2) is 5.37. The third-order valence-corrected chi connectivity index (χ3v) is 3.29. The first-order valence-corrected chi connectivity index (χ1v) is 4.88. The average Bonchev–Trinajstić information content (AvgIpc) is 1.98. The van der Waals surface area contributed by atoms with E-state index >= 15 is 0 Å². The SMILES string of the molecule is CCC(SC(=S)N(C)C)C(=O)O. The summed E-state index contributed by atoms with van der Waals surface area (Å²) in [5.74, 6) is -0.799. The summed E-state index contributed by atoms with van der Waals surface area (Å²) in [5, 5.41) is 8.29. The van der Waals surface area contributed by atoms with Crippen LogP contribution in [0.3, 0.4) is 0 Å². The Hall–Kier alpha value is -0.290. The van der Waals surface area contributed by atoms with Gasteiger partial charge < -0.3 is 10.0 Å². The van der Waals surface area contributed by atoms with Crippen molar-refractivity contribution < 1.29 is 9.90 Å². The van der Waals surface area contributed by atoms with E-state index in [0.717, 1.165) is 0 Å². The molecule has 5 heteroatoms. The number of hydrogen-bond donors (Lipinski definition) is 1. The predicted octanol–water partition coefficient (Wildman–Crippen LogP) is 1.43. The maximum Gasteiger partial charge on any atom is 0.317 e. The Morgan fingerprint density at radius 3 is 2.42 bits per heavy atom. The molecule has 0 fully saturated rings. The first-order chi connectivity index (χ1) is 5.49. The van der Waals surface area contributed by atoms with Crippen LogP contribution < -0.4 is 0 Å². The van der Waals surface area contributed by atoms with Gasteiger partial charge in [-0.15, -0.1) is 0 Å². The van der Waals surface area contributed by atoms with Crippen LogP contribution in [0, 0.1) is 0 Å². The summed E-state index contributed by atoms with van der Waals surface area (Å²) in [7, 11) is 3.62. The lowest BCUT2D eigenvalue weighted by Crippen LogP contribution is -2.23. The average molecular weight is 207 g/mol. The number of aliphatic carboxylic acids is 1. The number of thioether (sulfide) groups is 1. The summed E-state index contributed by atoms with van der Waals surface area (Å²) in [5.41, 5.74) is 0. The minimum atomic E-state index is -0.799. The minimum absolute atomic E-state index is 0.417. The van der Waals surface area contributed by atoms with Crippen LogP contribution in [-0.4, -0.2) is 39.6 Å². The van der Waals surface area contributed by atoms with Gasteiger partial charge in [-0.1, -0.05) is 30.9 Å². The van der Waals surface area contributed by atoms with Crippen molar-refractivity contribution in [1.29, 1.82) is 0 Å². The van der Waals surface area contributed by atoms with Crippen molar-refractivity contribution in [3.05, 3.63) is 0 Å². The molecule has 1 unspecified atom stereocenters. The molecule has 70 valence electrons. The molecule has 0 bridgehead atoms. The van der Waals surface area contributed by atoms with Crippen LogP contribution in [-0.2, 0) is 4.79 Å². The maximum absolute atomic E-state index is 10.6. The maximum atomic E-state index is 10.6. The lowest BCUT2D eigenvalue weighted by Gasteiger charge is -2.15. The highest BCUT2D eigenvalue weighted by Gasteiger charge is 2.18. The number of thiocarbonyl (C=S) groups is 1. The highest BCUT2D eigenvalue weighted by atomic mass is 32.2. The molecule has 0 aliphatic rings. The Morgan fingerprint density at radius 2 is 2.17 bits per heavy atom. The van der Waals surface area contributed by atoms with Crippen LogP contribution in [0.15, 0.2) is 0 Å². The van der Waals surface area contributed by atoms with E-state index in [4.69, 9.17) is 17.3 Å². The molecule has 0 saturated heterocycles. The van der Waals surface area contributed by atoms with Gasteiger partial charge in [0, 0.05) is 14.1 Å². The van der Waals surface area contributed by atoms with Crippen LogP contribution in [0.2, 0.25) is 0 Å². The molecule has 1 atom stereocenters. The molecular weight excluding hydrogens is 194 g/mol. The predicted molar refractivity (Wildman–Crippen MR) is 55.6 cm³/mol. The van der Waals surface area contributed by atoms with Gasteiger partial charge in [0.05, 0.1) is 0 Å². The topological polar surface area (TPSA) is 40.5 Å². The molecular formula is C7H13NO2S2. The van der Waals surface area contributed by atoms with Crippen molar-refractivity contribution in [2.75, 3.05) is 14.1 Å². The number of nitrogens with zero attached hydrogens (tertiary/aromatic N) is 1. The first-order valence-electron chi connectivity index (χ1n) is 3.59. The Balaban J connectivity index is 4.03. The minimum Gasteiger partial charge on any atom is -0.480 e. The van der Waals surface area contributed by atoms with Gasteiger partial charge in [0.25, 0.3) is 0 Å². The Morgan fingerprint density at radius 1 is 1.67 bits per heavy atom. The first kappa shape index (κ1) is 11.7. The van der Waals surface area contributed by atoms with E-state index in [1.807, 2.05) is 21.0 Å². The Kier molecular flexibility index (Phi) is 5.24. The molecule has 0 spiro atoms. The molecule has 0 heterocycles. The number of carboxylic acids is 1. The van der Waals surface area contributed by atoms with Crippen molar-refractivity contribution in [1.82, 2.24) is 4.90 Å². The van der Waals surface area contributed by atoms with Gasteiger partial charge in [-0.2, -0.15) is 0 Å². The summed E-state index contributed by atoms with van der Waals surface area (Å²) in [4.78, 5) is 12.3. The molecule has 0 radical (unpaired) electrons. The number of rotatable bonds is 3. The molecule has 0 saturated carbocycles. The molecule has 12 heavy (non-hydrogen) atoms. The van der Waals surface area contributed by atoms with E-state index in [1.165, 1.54) is 11.8 Å². The van der Waals surface area contributed by atoms with Crippen molar-refractivity contribution in [2.24, 2.45) is 0 Å². The van der Waals surface area contributed by atoms with Crippen molar-refractivity contribution in [3.63, 3.8) is 0 Å². The molecule has 0 rings (SSSR count). The van der Waals surface area contributed by atoms with Gasteiger partial charge in [0.2, 0.25) is 0 Å². The lowest BCUT2D eigenvalue weighted by atomic mass is 10.3. The van der Waals surface area contributed by atoms with Gasteiger partial charge >= 0.3 is 5.97 Å². The molecule has 0 aliphatic heterocycles. The monoisotopic (exact) mass is 207 g/mol. The second-order valence-corrected chi connectivity index (χ2v) is 4.35. The zero-order valence-electron chi connectivity index (χ0n) is 7.40. The van der Waals surface area contributed by atoms with Crippen molar-refractivity contribution in [2.45, 2.75) is 18.6 Å². The summed E-state index contributed by atoms with van der Waals surface area (Å²) < 4.78 is 0.615. The molecule has 0 aliphatic carbocycles. The Labute approximate surface area is 82.1 Å². The highest BCUT2D eigenvalue weighted by molar-refractivity contribution is 8.23. The van der Waals surface area contributed by atoms with E-state index in [1.54, 1.807) is 4.90 Å². The summed E-state index contributed by atoms with van der Waals surface area (Å²) in [6.07, 6.45) is 0.591. The van der Waals surface area contributed by atoms with Gasteiger partial charge in [-0.05, 0) is 6.42 Å². The standard InChI is InChI=1S/C7H13NO2S2/c1-4-5(6(9)10)12-7(11)8(2)3/h5H,4H2,1-3H3,(H,9,10). The van der Waals surface area contributed by atoms with Crippen LogP contribution in [0.5, 0.6) is 0 Å². The van der Waals surface area contributed by atoms with Crippen molar-refractivity contribution in [3.8, 4) is 0 Å². The molecule has 1 N–H and O–H groups in total. The van der Waals surface area contributed by atoms with Gasteiger partial charge in [-0.3, -0.25) is 4.79 Å². The van der Waals surface area contributed by atoms with Crippen LogP contribution in [0.4, 0.5) is 0 Å². The van der Waals surface area contributed by atoms with Gasteiger partial charge in [-0.25, -0.2) is 0 Å². The number of carboxylic acid groups (broad SMARTS) is 1. The largest absolute Gasteiger partial charge is 0.480 e. The second-order valence-electron chi connectivity index (χ2n) is 2.51. The molecule has 0 aromatic carbocycles. The number of hydrogen-bond acceptors (Lipinski definition) is 3. The fraction of sp³-hybridized carbons (Fsp3) is 0.714. The van der Waals surface area contributed by atoms with Gasteiger partial charge in [0.1, 0.15) is 9.57 Å². The zero-order valence-corrected chi connectivity index (χ0v) is 9.04. The number of carbonyl (C=O) groups is 1. The molecule has 0 amide bonds. The molecule has 0 aromatic heterocycles. The third kappa shape index (κ3) is 3.92. The lowest BCUT2D eigenvalue weighted by molar-refractivity contribution is -0.136. The smallest absolute Gasteiger partial charge is 0.317 e. The van der Waals surface area contributed by atoms with E-state index < -0.39 is 11.2 Å². The van der Waals surface area contributed by atoms with E-state index in [9.17, 15) is 4.79 Å². The quantitative estimate of drug-likeness (QED) is 0.709. The van der Waals surface area contributed by atoms with Crippen LogP contribution >= 0.6 is 24.0 Å². The normalized spacial score (nSPS) is 12.2. The molecule has 0 aromatic rings. The summed E-state index contributed by atoms with van der Waals surface area (Å²) >= 11 is 6.18. The van der Waals surface area contributed by atoms with E-state index in [2.05, 4.69) is 0 Å². The fourth-order valence-electron chi connectivity index (χ4n) is 0.535. The van der Waals surface area contributed by atoms with Gasteiger partial charge in [0.15, 0.2) is 0 Å². The highest BCUT2D eigenvalue weighted by Crippen LogP contribution is 2.17. The fourth-order valence-corrected chi connectivity index (χ4v) is 1.61.